The molecule has 0 spiro atoms. The molecule has 1 amide bonds. The fourth-order valence-corrected chi connectivity index (χ4v) is 3.02. The number of halogens is 2. The first-order valence-electron chi connectivity index (χ1n) is 9.48. The van der Waals surface area contributed by atoms with Gasteiger partial charge in [-0.1, -0.05) is 0 Å². The molecule has 0 radical (unpaired) electrons. The van der Waals surface area contributed by atoms with Crippen molar-refractivity contribution in [3.8, 4) is 5.69 Å². The van der Waals surface area contributed by atoms with Crippen LogP contribution in [0.3, 0.4) is 0 Å². The molecule has 2 aromatic heterocycles. The van der Waals surface area contributed by atoms with Crippen LogP contribution in [0.4, 0.5) is 20.3 Å². The van der Waals surface area contributed by atoms with Gasteiger partial charge < -0.3 is 10.6 Å². The average molecular weight is 397 g/mol. The quantitative estimate of drug-likeness (QED) is 0.638. The van der Waals surface area contributed by atoms with Gasteiger partial charge in [0, 0.05) is 36.3 Å². The standard InChI is InChI=1S/C21H21F2N5O/c1-13-8-16(6-7-24-13)28-17(11-21(29)25-12-14-2-3-14)10-20(27-28)26-15-4-5-18(22)19(23)9-15/h4-10,14H,2-3,11-12H2,1H3,(H,25,29)(H,26,27). The van der Waals surface area contributed by atoms with E-state index in [4.69, 9.17) is 0 Å². The number of aryl methyl sites for hydroxylation is 1. The number of pyridine rings is 1. The number of hydrogen-bond donors (Lipinski definition) is 2. The minimum absolute atomic E-state index is 0.0804. The molecule has 0 bridgehead atoms. The van der Waals surface area contributed by atoms with Gasteiger partial charge in [0.05, 0.1) is 17.8 Å². The van der Waals surface area contributed by atoms with Crippen molar-refractivity contribution in [2.24, 2.45) is 5.92 Å². The van der Waals surface area contributed by atoms with Crippen LogP contribution >= 0.6 is 0 Å². The Bertz CT molecular complexity index is 1050. The molecule has 1 aliphatic rings. The fourth-order valence-electron chi connectivity index (χ4n) is 3.02. The smallest absolute Gasteiger partial charge is 0.226 e. The Morgan fingerprint density at radius 1 is 1.17 bits per heavy atom. The first-order chi connectivity index (χ1) is 14.0. The molecule has 6 nitrogen and oxygen atoms in total. The lowest BCUT2D eigenvalue weighted by Crippen LogP contribution is -2.27. The van der Waals surface area contributed by atoms with Gasteiger partial charge in [0.25, 0.3) is 0 Å². The van der Waals surface area contributed by atoms with Crippen molar-refractivity contribution < 1.29 is 13.6 Å². The van der Waals surface area contributed by atoms with Gasteiger partial charge in [0.15, 0.2) is 17.5 Å². The molecular formula is C21H21F2N5O. The number of benzene rings is 1. The molecule has 0 unspecified atom stereocenters. The predicted molar refractivity (Wildman–Crippen MR) is 105 cm³/mol. The first-order valence-corrected chi connectivity index (χ1v) is 9.48. The van der Waals surface area contributed by atoms with Crippen molar-refractivity contribution >= 4 is 17.4 Å². The summed E-state index contributed by atoms with van der Waals surface area (Å²) in [7, 11) is 0. The van der Waals surface area contributed by atoms with Gasteiger partial charge in [-0.3, -0.25) is 9.78 Å². The van der Waals surface area contributed by atoms with Crippen molar-refractivity contribution in [2.75, 3.05) is 11.9 Å². The summed E-state index contributed by atoms with van der Waals surface area (Å²) in [6, 6.07) is 8.93. The van der Waals surface area contributed by atoms with Gasteiger partial charge in [-0.15, -0.1) is 5.10 Å². The maximum Gasteiger partial charge on any atom is 0.226 e. The molecule has 0 aliphatic heterocycles. The van der Waals surface area contributed by atoms with Crippen LogP contribution in [0.2, 0.25) is 0 Å². The van der Waals surface area contributed by atoms with Crippen LogP contribution in [-0.2, 0) is 11.2 Å². The summed E-state index contributed by atoms with van der Waals surface area (Å²) in [5.74, 6) is -0.920. The summed E-state index contributed by atoms with van der Waals surface area (Å²) in [6.45, 7) is 2.57. The van der Waals surface area contributed by atoms with Crippen LogP contribution in [0, 0.1) is 24.5 Å². The van der Waals surface area contributed by atoms with Crippen molar-refractivity contribution in [2.45, 2.75) is 26.2 Å². The van der Waals surface area contributed by atoms with E-state index in [2.05, 4.69) is 20.7 Å². The second-order valence-electron chi connectivity index (χ2n) is 7.27. The number of carbonyl (C=O) groups is 1. The Labute approximate surface area is 167 Å². The van der Waals surface area contributed by atoms with Crippen LogP contribution in [0.15, 0.2) is 42.6 Å². The van der Waals surface area contributed by atoms with Gasteiger partial charge in [0.2, 0.25) is 5.91 Å². The normalized spacial score (nSPS) is 13.3. The molecule has 2 heterocycles. The zero-order valence-electron chi connectivity index (χ0n) is 16.0. The molecule has 0 saturated heterocycles. The van der Waals surface area contributed by atoms with E-state index in [-0.39, 0.29) is 12.3 Å². The Morgan fingerprint density at radius 3 is 2.72 bits per heavy atom. The number of anilines is 2. The highest BCUT2D eigenvalue weighted by atomic mass is 19.2. The lowest BCUT2D eigenvalue weighted by Gasteiger charge is -2.08. The Kier molecular flexibility index (Phi) is 5.24. The van der Waals surface area contributed by atoms with Crippen molar-refractivity contribution in [3.05, 3.63) is 65.6 Å². The van der Waals surface area contributed by atoms with Crippen LogP contribution in [0.1, 0.15) is 24.2 Å². The van der Waals surface area contributed by atoms with E-state index in [1.165, 1.54) is 6.07 Å². The van der Waals surface area contributed by atoms with Crippen LogP contribution in [-0.4, -0.2) is 27.2 Å². The molecule has 3 aromatic rings. The minimum Gasteiger partial charge on any atom is -0.355 e. The predicted octanol–water partition coefficient (Wildman–Crippen LogP) is 3.67. The summed E-state index contributed by atoms with van der Waals surface area (Å²) < 4.78 is 28.3. The largest absolute Gasteiger partial charge is 0.355 e. The van der Waals surface area contributed by atoms with Gasteiger partial charge in [-0.25, -0.2) is 13.5 Å². The molecular weight excluding hydrogens is 376 g/mol. The number of rotatable bonds is 7. The Balaban J connectivity index is 1.60. The van der Waals surface area contributed by atoms with E-state index in [0.29, 0.717) is 29.7 Å². The second-order valence-corrected chi connectivity index (χ2v) is 7.27. The molecule has 0 atom stereocenters. The molecule has 2 N–H and O–H groups in total. The molecule has 29 heavy (non-hydrogen) atoms. The maximum absolute atomic E-state index is 13.5. The monoisotopic (exact) mass is 397 g/mol. The highest BCUT2D eigenvalue weighted by molar-refractivity contribution is 5.78. The van der Waals surface area contributed by atoms with E-state index in [1.54, 1.807) is 23.0 Å². The third-order valence-electron chi connectivity index (χ3n) is 4.73. The van der Waals surface area contributed by atoms with E-state index in [0.717, 1.165) is 36.4 Å². The van der Waals surface area contributed by atoms with Crippen LogP contribution in [0.25, 0.3) is 5.69 Å². The maximum atomic E-state index is 13.5. The lowest BCUT2D eigenvalue weighted by molar-refractivity contribution is -0.120. The second kappa shape index (κ2) is 7.98. The minimum atomic E-state index is -0.945. The SMILES string of the molecule is Cc1cc(-n2nc(Nc3ccc(F)c(F)c3)cc2CC(=O)NCC2CC2)ccn1. The van der Waals surface area contributed by atoms with Gasteiger partial charge in [-0.2, -0.15) is 0 Å². The Hall–Kier alpha value is -3.29. The summed E-state index contributed by atoms with van der Waals surface area (Å²) in [4.78, 5) is 16.6. The highest BCUT2D eigenvalue weighted by Gasteiger charge is 2.22. The van der Waals surface area contributed by atoms with Gasteiger partial charge in [-0.05, 0) is 49.9 Å². The van der Waals surface area contributed by atoms with Crippen LogP contribution in [0.5, 0.6) is 0 Å². The van der Waals surface area contributed by atoms with E-state index >= 15 is 0 Å². The molecule has 4 rings (SSSR count). The molecule has 1 fully saturated rings. The van der Waals surface area contributed by atoms with E-state index in [9.17, 15) is 13.6 Å². The van der Waals surface area contributed by atoms with Crippen molar-refractivity contribution in [3.63, 3.8) is 0 Å². The summed E-state index contributed by atoms with van der Waals surface area (Å²) in [5, 5.41) is 10.4. The molecule has 150 valence electrons. The first kappa shape index (κ1) is 19.0. The van der Waals surface area contributed by atoms with Crippen LogP contribution < -0.4 is 10.6 Å². The van der Waals surface area contributed by atoms with Gasteiger partial charge in [0.1, 0.15) is 0 Å². The fraction of sp³-hybridized carbons (Fsp3) is 0.286. The number of aromatic nitrogens is 3. The van der Waals surface area contributed by atoms with E-state index in [1.807, 2.05) is 13.0 Å². The third kappa shape index (κ3) is 4.77. The van der Waals surface area contributed by atoms with Crippen molar-refractivity contribution in [1.82, 2.24) is 20.1 Å². The summed E-state index contributed by atoms with van der Waals surface area (Å²) >= 11 is 0. The van der Waals surface area contributed by atoms with Gasteiger partial charge >= 0.3 is 0 Å². The number of carbonyl (C=O) groups excluding carboxylic acids is 1. The lowest BCUT2D eigenvalue weighted by atomic mass is 10.2. The number of hydrogen-bond acceptors (Lipinski definition) is 4. The summed E-state index contributed by atoms with van der Waals surface area (Å²) in [6.07, 6.45) is 4.15. The summed E-state index contributed by atoms with van der Waals surface area (Å²) in [5.41, 5.74) is 2.62. The zero-order valence-corrected chi connectivity index (χ0v) is 16.0. The molecule has 1 saturated carbocycles. The third-order valence-corrected chi connectivity index (χ3v) is 4.73. The number of nitrogens with one attached hydrogen (secondary N) is 2. The highest BCUT2D eigenvalue weighted by Crippen LogP contribution is 2.27. The molecule has 1 aliphatic carbocycles. The topological polar surface area (TPSA) is 71.8 Å². The Morgan fingerprint density at radius 2 is 2.00 bits per heavy atom. The van der Waals surface area contributed by atoms with E-state index < -0.39 is 11.6 Å². The average Bonchev–Trinajstić information content (AvgIpc) is 3.44. The number of amides is 1. The zero-order chi connectivity index (χ0) is 20.4. The number of nitrogens with zero attached hydrogens (tertiary/aromatic N) is 3. The molecule has 8 heteroatoms. The van der Waals surface area contributed by atoms with Crippen molar-refractivity contribution in [1.29, 1.82) is 0 Å². The molecule has 1 aromatic carbocycles.